The minimum Gasteiger partial charge on any atom is -0.340 e. The lowest BCUT2D eigenvalue weighted by Gasteiger charge is -2.35. The van der Waals surface area contributed by atoms with Gasteiger partial charge in [0.1, 0.15) is 5.82 Å². The predicted molar refractivity (Wildman–Crippen MR) is 80.0 cm³/mol. The fraction of sp³-hybridized carbons (Fsp3) is 0.467. The van der Waals surface area contributed by atoms with E-state index >= 15 is 0 Å². The monoisotopic (exact) mass is 327 g/mol. The lowest BCUT2D eigenvalue weighted by molar-refractivity contribution is -0.137. The summed E-state index contributed by atoms with van der Waals surface area (Å²) in [5, 5.41) is 0.849. The number of anilines is 1. The maximum absolute atomic E-state index is 12.7. The third-order valence-electron chi connectivity index (χ3n) is 3.89. The highest BCUT2D eigenvalue weighted by Gasteiger charge is 2.31. The summed E-state index contributed by atoms with van der Waals surface area (Å²) in [6, 6.07) is 5.56. The first kappa shape index (κ1) is 15.3. The van der Waals surface area contributed by atoms with Crippen LogP contribution in [0.2, 0.25) is 0 Å². The fourth-order valence-electron chi connectivity index (χ4n) is 2.80. The number of alkyl halides is 3. The number of benzene rings is 1. The fourth-order valence-corrected chi connectivity index (χ4v) is 3.56. The Kier molecular flexibility index (Phi) is 4.08. The van der Waals surface area contributed by atoms with Gasteiger partial charge in [-0.3, -0.25) is 0 Å². The standard InChI is InChI=1S/C15H16F3N3S/c1-10-19-14(22-20-10)21-9-3-2-4-13(21)11-5-7-12(8-6-11)15(16,17)18/h5-8,13H,2-4,9H2,1H3. The van der Waals surface area contributed by atoms with Gasteiger partial charge in [0.25, 0.3) is 0 Å². The van der Waals surface area contributed by atoms with Crippen LogP contribution in [0, 0.1) is 6.92 Å². The highest BCUT2D eigenvalue weighted by Crippen LogP contribution is 2.37. The molecule has 1 aliphatic rings. The van der Waals surface area contributed by atoms with E-state index in [0.29, 0.717) is 0 Å². The SMILES string of the molecule is Cc1nsc(N2CCCCC2c2ccc(C(F)(F)F)cc2)n1. The van der Waals surface area contributed by atoms with Crippen molar-refractivity contribution in [2.75, 3.05) is 11.4 Å². The molecule has 3 nitrogen and oxygen atoms in total. The van der Waals surface area contributed by atoms with E-state index in [1.54, 1.807) is 12.1 Å². The molecule has 0 bridgehead atoms. The van der Waals surface area contributed by atoms with Gasteiger partial charge in [0, 0.05) is 18.1 Å². The van der Waals surface area contributed by atoms with Crippen LogP contribution in [0.5, 0.6) is 0 Å². The second kappa shape index (κ2) is 5.87. The molecule has 0 radical (unpaired) electrons. The summed E-state index contributed by atoms with van der Waals surface area (Å²) in [5.74, 6) is 0.733. The van der Waals surface area contributed by atoms with E-state index in [1.807, 2.05) is 6.92 Å². The molecule has 0 amide bonds. The molecule has 0 saturated carbocycles. The molecule has 2 heterocycles. The summed E-state index contributed by atoms with van der Waals surface area (Å²) >= 11 is 1.35. The van der Waals surface area contributed by atoms with Crippen molar-refractivity contribution in [3.63, 3.8) is 0 Å². The zero-order valence-corrected chi connectivity index (χ0v) is 12.9. The van der Waals surface area contributed by atoms with Crippen LogP contribution in [0.15, 0.2) is 24.3 Å². The van der Waals surface area contributed by atoms with E-state index in [2.05, 4.69) is 14.3 Å². The Hall–Kier alpha value is -1.63. The van der Waals surface area contributed by atoms with Crippen molar-refractivity contribution in [2.45, 2.75) is 38.4 Å². The average Bonchev–Trinajstić information content (AvgIpc) is 2.93. The molecule has 22 heavy (non-hydrogen) atoms. The highest BCUT2D eigenvalue weighted by molar-refractivity contribution is 7.09. The summed E-state index contributed by atoms with van der Waals surface area (Å²) in [6.07, 6.45) is -1.24. The van der Waals surface area contributed by atoms with Gasteiger partial charge in [-0.2, -0.15) is 17.5 Å². The second-order valence-electron chi connectivity index (χ2n) is 5.45. The van der Waals surface area contributed by atoms with Crippen molar-refractivity contribution in [1.82, 2.24) is 9.36 Å². The number of halogens is 3. The van der Waals surface area contributed by atoms with Gasteiger partial charge in [-0.05, 0) is 43.9 Å². The first-order chi connectivity index (χ1) is 10.4. The van der Waals surface area contributed by atoms with Crippen LogP contribution in [0.25, 0.3) is 0 Å². The summed E-state index contributed by atoms with van der Waals surface area (Å²) in [5.41, 5.74) is 0.297. The molecule has 1 aromatic heterocycles. The summed E-state index contributed by atoms with van der Waals surface area (Å²) < 4.78 is 42.2. The molecule has 0 aliphatic carbocycles. The zero-order valence-electron chi connectivity index (χ0n) is 12.1. The summed E-state index contributed by atoms with van der Waals surface area (Å²) in [7, 11) is 0. The third kappa shape index (κ3) is 3.09. The summed E-state index contributed by atoms with van der Waals surface area (Å²) in [6.45, 7) is 2.71. The zero-order chi connectivity index (χ0) is 15.7. The van der Waals surface area contributed by atoms with Gasteiger partial charge in [0.15, 0.2) is 0 Å². The van der Waals surface area contributed by atoms with E-state index in [-0.39, 0.29) is 6.04 Å². The minimum absolute atomic E-state index is 0.0726. The number of rotatable bonds is 2. The average molecular weight is 327 g/mol. The largest absolute Gasteiger partial charge is 0.416 e. The topological polar surface area (TPSA) is 29.0 Å². The van der Waals surface area contributed by atoms with Gasteiger partial charge in [0.2, 0.25) is 5.13 Å². The quantitative estimate of drug-likeness (QED) is 0.807. The first-order valence-electron chi connectivity index (χ1n) is 7.19. The molecule has 1 saturated heterocycles. The molecule has 1 aliphatic heterocycles. The lowest BCUT2D eigenvalue weighted by atomic mass is 9.95. The Morgan fingerprint density at radius 2 is 1.91 bits per heavy atom. The third-order valence-corrected chi connectivity index (χ3v) is 4.73. The molecule has 118 valence electrons. The smallest absolute Gasteiger partial charge is 0.340 e. The van der Waals surface area contributed by atoms with Crippen molar-refractivity contribution in [3.05, 3.63) is 41.2 Å². The normalized spacial score (nSPS) is 19.5. The van der Waals surface area contributed by atoms with E-state index < -0.39 is 11.7 Å². The summed E-state index contributed by atoms with van der Waals surface area (Å²) in [4.78, 5) is 6.58. The van der Waals surface area contributed by atoms with Crippen LogP contribution in [0.3, 0.4) is 0 Å². The van der Waals surface area contributed by atoms with Crippen molar-refractivity contribution < 1.29 is 13.2 Å². The molecule has 3 rings (SSSR count). The van der Waals surface area contributed by atoms with E-state index in [1.165, 1.54) is 11.5 Å². The van der Waals surface area contributed by atoms with Crippen LogP contribution in [-0.2, 0) is 6.18 Å². The molecule has 1 atom stereocenters. The number of nitrogens with zero attached hydrogens (tertiary/aromatic N) is 3. The number of hydrogen-bond donors (Lipinski definition) is 0. The van der Waals surface area contributed by atoms with E-state index in [9.17, 15) is 13.2 Å². The maximum atomic E-state index is 12.7. The molecule has 0 spiro atoms. The van der Waals surface area contributed by atoms with Crippen molar-refractivity contribution in [3.8, 4) is 0 Å². The van der Waals surface area contributed by atoms with E-state index in [0.717, 1.165) is 54.5 Å². The number of hydrogen-bond acceptors (Lipinski definition) is 4. The van der Waals surface area contributed by atoms with Gasteiger partial charge < -0.3 is 4.90 Å². The molecule has 0 N–H and O–H groups in total. The Morgan fingerprint density at radius 3 is 2.50 bits per heavy atom. The lowest BCUT2D eigenvalue weighted by Crippen LogP contribution is -2.33. The Balaban J connectivity index is 1.87. The van der Waals surface area contributed by atoms with Crippen LogP contribution >= 0.6 is 11.5 Å². The van der Waals surface area contributed by atoms with Crippen LogP contribution < -0.4 is 4.90 Å². The van der Waals surface area contributed by atoms with Gasteiger partial charge in [-0.15, -0.1) is 0 Å². The number of aromatic nitrogens is 2. The number of piperidine rings is 1. The molecule has 1 unspecified atom stereocenters. The van der Waals surface area contributed by atoms with Crippen LogP contribution in [0.4, 0.5) is 18.3 Å². The second-order valence-corrected chi connectivity index (χ2v) is 6.18. The molecule has 2 aromatic rings. The van der Waals surface area contributed by atoms with Crippen LogP contribution in [-0.4, -0.2) is 15.9 Å². The number of aryl methyl sites for hydroxylation is 1. The van der Waals surface area contributed by atoms with Gasteiger partial charge in [0.05, 0.1) is 11.6 Å². The minimum atomic E-state index is -4.29. The molecular weight excluding hydrogens is 311 g/mol. The van der Waals surface area contributed by atoms with Crippen molar-refractivity contribution >= 4 is 16.7 Å². The Bertz CT molecular complexity index is 636. The van der Waals surface area contributed by atoms with Crippen molar-refractivity contribution in [2.24, 2.45) is 0 Å². The molecule has 7 heteroatoms. The van der Waals surface area contributed by atoms with Crippen molar-refractivity contribution in [1.29, 1.82) is 0 Å². The van der Waals surface area contributed by atoms with Gasteiger partial charge in [-0.1, -0.05) is 12.1 Å². The van der Waals surface area contributed by atoms with E-state index in [4.69, 9.17) is 0 Å². The first-order valence-corrected chi connectivity index (χ1v) is 7.96. The van der Waals surface area contributed by atoms with Gasteiger partial charge >= 0.3 is 6.18 Å². The molecular formula is C15H16F3N3S. The molecule has 1 aromatic carbocycles. The molecule has 1 fully saturated rings. The highest BCUT2D eigenvalue weighted by atomic mass is 32.1. The maximum Gasteiger partial charge on any atom is 0.416 e. The van der Waals surface area contributed by atoms with Crippen LogP contribution in [0.1, 0.15) is 42.3 Å². The predicted octanol–water partition coefficient (Wildman–Crippen LogP) is 4.60. The Labute approximate surface area is 131 Å². The van der Waals surface area contributed by atoms with Gasteiger partial charge in [-0.25, -0.2) is 4.98 Å². The Morgan fingerprint density at radius 1 is 1.18 bits per heavy atom.